The van der Waals surface area contributed by atoms with Crippen LogP contribution >= 0.6 is 11.8 Å². The van der Waals surface area contributed by atoms with Gasteiger partial charge >= 0.3 is 11.9 Å². The Bertz CT molecular complexity index is 832. The molecule has 3 saturated heterocycles. The Labute approximate surface area is 157 Å². The minimum Gasteiger partial charge on any atom is -0.477 e. The van der Waals surface area contributed by atoms with E-state index in [0.717, 1.165) is 4.90 Å². The molecule has 0 spiro atoms. The Morgan fingerprint density at radius 1 is 1.30 bits per heavy atom. The van der Waals surface area contributed by atoms with E-state index in [4.69, 9.17) is 4.74 Å². The van der Waals surface area contributed by atoms with Crippen LogP contribution in [0.1, 0.15) is 18.1 Å². The van der Waals surface area contributed by atoms with E-state index in [1.54, 1.807) is 30.3 Å². The van der Waals surface area contributed by atoms with Crippen molar-refractivity contribution in [1.82, 2.24) is 10.2 Å². The SMILES string of the molecule is O=C1C[C@H]2CS[C@@H]3[C@H](NC(=O)C(O)c4ccccc4)C(=O)N3[C@@]2(C(=O)O)O1. The Hall–Kier alpha value is -2.59. The number of nitrogens with zero attached hydrogens (tertiary/aromatic N) is 1. The number of aliphatic hydroxyl groups is 1. The molecular formula is C17H16N2O7S. The number of hydrogen-bond acceptors (Lipinski definition) is 7. The molecule has 142 valence electrons. The highest BCUT2D eigenvalue weighted by Gasteiger charge is 2.71. The van der Waals surface area contributed by atoms with Crippen molar-refractivity contribution in [1.29, 1.82) is 0 Å². The van der Waals surface area contributed by atoms with Crippen LogP contribution in [0.15, 0.2) is 30.3 Å². The molecule has 2 amide bonds. The van der Waals surface area contributed by atoms with Gasteiger partial charge in [-0.15, -0.1) is 11.8 Å². The van der Waals surface area contributed by atoms with E-state index in [1.807, 2.05) is 0 Å². The number of carbonyl (C=O) groups excluding carboxylic acids is 3. The standard InChI is InChI=1S/C17H16N2O7S/c20-10-6-9-7-27-15-11(14(23)19(15)17(9,26-10)16(24)25)18-13(22)12(21)8-4-2-1-3-5-8/h1-5,9,11-12,15,21H,6-7H2,(H,18,22)(H,24,25)/t9-,11+,12?,15+,17+/m0/s1. The molecule has 3 fully saturated rings. The van der Waals surface area contributed by atoms with Crippen molar-refractivity contribution in [3.63, 3.8) is 0 Å². The van der Waals surface area contributed by atoms with Crippen LogP contribution < -0.4 is 5.32 Å². The van der Waals surface area contributed by atoms with Gasteiger partial charge in [-0.1, -0.05) is 30.3 Å². The zero-order valence-corrected chi connectivity index (χ0v) is 14.7. The number of thioether (sulfide) groups is 1. The summed E-state index contributed by atoms with van der Waals surface area (Å²) < 4.78 is 5.08. The molecule has 4 rings (SSSR count). The predicted octanol–water partition coefficient (Wildman–Crippen LogP) is -0.536. The molecule has 0 radical (unpaired) electrons. The molecule has 3 N–H and O–H groups in total. The van der Waals surface area contributed by atoms with Gasteiger partial charge in [0.15, 0.2) is 6.10 Å². The summed E-state index contributed by atoms with van der Waals surface area (Å²) >= 11 is 1.28. The summed E-state index contributed by atoms with van der Waals surface area (Å²) in [5.41, 5.74) is -1.63. The summed E-state index contributed by atoms with van der Waals surface area (Å²) in [5, 5.41) is 21.6. The highest BCUT2D eigenvalue weighted by atomic mass is 32.2. The fraction of sp³-hybridized carbons (Fsp3) is 0.412. The fourth-order valence-electron chi connectivity index (χ4n) is 3.73. The molecule has 0 aliphatic carbocycles. The first-order valence-corrected chi connectivity index (χ1v) is 9.34. The Morgan fingerprint density at radius 3 is 2.67 bits per heavy atom. The number of β-lactam (4-membered cyclic amide) rings is 1. The number of carboxylic acids is 1. The first-order valence-electron chi connectivity index (χ1n) is 8.29. The number of fused-ring (bicyclic) bond motifs is 3. The van der Waals surface area contributed by atoms with Crippen LogP contribution in [-0.4, -0.2) is 61.8 Å². The molecule has 1 unspecified atom stereocenters. The minimum absolute atomic E-state index is 0.0699. The Morgan fingerprint density at radius 2 is 2.00 bits per heavy atom. The van der Waals surface area contributed by atoms with E-state index < -0.39 is 52.9 Å². The Balaban J connectivity index is 1.52. The van der Waals surface area contributed by atoms with Crippen LogP contribution in [0, 0.1) is 5.92 Å². The molecule has 0 bridgehead atoms. The zero-order chi connectivity index (χ0) is 19.3. The average Bonchev–Trinajstić information content (AvgIpc) is 3.01. The van der Waals surface area contributed by atoms with Gasteiger partial charge in [0.1, 0.15) is 11.4 Å². The number of aliphatic carboxylic acids is 1. The number of rotatable bonds is 4. The van der Waals surface area contributed by atoms with Crippen LogP contribution in [0.2, 0.25) is 0 Å². The summed E-state index contributed by atoms with van der Waals surface area (Å²) in [5.74, 6) is -3.80. The number of amides is 2. The molecular weight excluding hydrogens is 376 g/mol. The Kier molecular flexibility index (Phi) is 4.11. The van der Waals surface area contributed by atoms with Crippen molar-refractivity contribution >= 4 is 35.5 Å². The van der Waals surface area contributed by atoms with Gasteiger partial charge in [0.05, 0.1) is 6.42 Å². The number of ether oxygens (including phenoxy) is 1. The summed E-state index contributed by atoms with van der Waals surface area (Å²) in [6.07, 6.45) is -1.52. The molecule has 1 aromatic rings. The van der Waals surface area contributed by atoms with Crippen LogP contribution in [0.25, 0.3) is 0 Å². The van der Waals surface area contributed by atoms with Crippen molar-refractivity contribution in [2.45, 2.75) is 29.7 Å². The fourth-order valence-corrected chi connectivity index (χ4v) is 5.29. The average molecular weight is 392 g/mol. The van der Waals surface area contributed by atoms with Gasteiger partial charge < -0.3 is 20.3 Å². The van der Waals surface area contributed by atoms with E-state index in [0.29, 0.717) is 11.3 Å². The summed E-state index contributed by atoms with van der Waals surface area (Å²) in [4.78, 5) is 49.5. The third kappa shape index (κ3) is 2.51. The van der Waals surface area contributed by atoms with Gasteiger partial charge in [0.2, 0.25) is 0 Å². The number of carbonyl (C=O) groups is 4. The van der Waals surface area contributed by atoms with Crippen LogP contribution in [0.4, 0.5) is 0 Å². The summed E-state index contributed by atoms with van der Waals surface area (Å²) in [6, 6.07) is 7.25. The van der Waals surface area contributed by atoms with Crippen molar-refractivity contribution in [3.8, 4) is 0 Å². The maximum Gasteiger partial charge on any atom is 0.370 e. The van der Waals surface area contributed by atoms with Crippen LogP contribution in [0.5, 0.6) is 0 Å². The van der Waals surface area contributed by atoms with Gasteiger partial charge in [-0.05, 0) is 5.56 Å². The third-order valence-corrected chi connectivity index (χ3v) is 6.49. The van der Waals surface area contributed by atoms with Crippen molar-refractivity contribution in [2.75, 3.05) is 5.75 Å². The van der Waals surface area contributed by atoms with Crippen LogP contribution in [-0.2, 0) is 23.9 Å². The zero-order valence-electron chi connectivity index (χ0n) is 13.9. The highest BCUT2D eigenvalue weighted by molar-refractivity contribution is 8.00. The number of nitrogens with one attached hydrogen (secondary N) is 1. The molecule has 3 heterocycles. The van der Waals surface area contributed by atoms with Crippen LogP contribution in [0.3, 0.4) is 0 Å². The van der Waals surface area contributed by atoms with Gasteiger partial charge in [0, 0.05) is 11.7 Å². The van der Waals surface area contributed by atoms with Crippen molar-refractivity contribution < 1.29 is 34.1 Å². The number of aliphatic hydroxyl groups excluding tert-OH is 1. The lowest BCUT2D eigenvalue weighted by Crippen LogP contribution is -2.80. The number of esters is 1. The topological polar surface area (TPSA) is 133 Å². The molecule has 10 heteroatoms. The van der Waals surface area contributed by atoms with Gasteiger partial charge in [-0.3, -0.25) is 19.3 Å². The molecule has 1 aromatic carbocycles. The van der Waals surface area contributed by atoms with Crippen molar-refractivity contribution in [3.05, 3.63) is 35.9 Å². The molecule has 0 saturated carbocycles. The molecule has 27 heavy (non-hydrogen) atoms. The minimum atomic E-state index is -2.01. The first kappa shape index (κ1) is 17.8. The lowest BCUT2D eigenvalue weighted by Gasteiger charge is -2.56. The molecule has 5 atom stereocenters. The maximum absolute atomic E-state index is 12.6. The molecule has 3 aliphatic rings. The summed E-state index contributed by atoms with van der Waals surface area (Å²) in [6.45, 7) is 0. The first-order chi connectivity index (χ1) is 12.9. The largest absolute Gasteiger partial charge is 0.477 e. The second-order valence-corrected chi connectivity index (χ2v) is 7.76. The lowest BCUT2D eigenvalue weighted by molar-refractivity contribution is -0.216. The van der Waals surface area contributed by atoms with Crippen molar-refractivity contribution in [2.24, 2.45) is 5.92 Å². The van der Waals surface area contributed by atoms with E-state index in [-0.39, 0.29) is 6.42 Å². The third-order valence-electron chi connectivity index (χ3n) is 5.07. The smallest absolute Gasteiger partial charge is 0.370 e. The number of hydrogen-bond donors (Lipinski definition) is 3. The second-order valence-electron chi connectivity index (χ2n) is 6.61. The highest BCUT2D eigenvalue weighted by Crippen LogP contribution is 2.51. The number of benzene rings is 1. The second kappa shape index (κ2) is 6.24. The van der Waals surface area contributed by atoms with E-state index >= 15 is 0 Å². The van der Waals surface area contributed by atoms with Gasteiger partial charge in [0.25, 0.3) is 17.5 Å². The molecule has 3 aliphatic heterocycles. The summed E-state index contributed by atoms with van der Waals surface area (Å²) in [7, 11) is 0. The van der Waals surface area contributed by atoms with E-state index in [1.165, 1.54) is 11.8 Å². The normalized spacial score (nSPS) is 32.6. The van der Waals surface area contributed by atoms with Gasteiger partial charge in [-0.2, -0.15) is 0 Å². The quantitative estimate of drug-likeness (QED) is 0.460. The van der Waals surface area contributed by atoms with E-state index in [2.05, 4.69) is 5.32 Å². The van der Waals surface area contributed by atoms with Gasteiger partial charge in [-0.25, -0.2) is 4.79 Å². The van der Waals surface area contributed by atoms with E-state index in [9.17, 15) is 29.4 Å². The maximum atomic E-state index is 12.6. The monoisotopic (exact) mass is 392 g/mol. The molecule has 0 aromatic heterocycles. The lowest BCUT2D eigenvalue weighted by atomic mass is 9.89. The number of carboxylic acid groups (broad SMARTS) is 1. The molecule has 9 nitrogen and oxygen atoms in total. The predicted molar refractivity (Wildman–Crippen MR) is 91.0 cm³/mol.